The third kappa shape index (κ3) is 7.44. The van der Waals surface area contributed by atoms with E-state index in [-0.39, 0.29) is 31.0 Å². The van der Waals surface area contributed by atoms with Crippen LogP contribution in [0.5, 0.6) is 0 Å². The number of urea groups is 1. The Bertz CT molecular complexity index is 558. The Hall–Kier alpha value is -2.08. The molecule has 4 N–H and O–H groups in total. The number of aliphatic carboxylic acids is 1. The fraction of sp³-hybridized carbons (Fsp3) is 0.600. The summed E-state index contributed by atoms with van der Waals surface area (Å²) in [5.74, 6) is -0.617. The van der Waals surface area contributed by atoms with Crippen LogP contribution in [0.1, 0.15) is 50.5 Å². The highest BCUT2D eigenvalue weighted by Gasteiger charge is 2.22. The largest absolute Gasteiger partial charge is 0.481 e. The number of carboxylic acids is 1. The lowest BCUT2D eigenvalue weighted by Crippen LogP contribution is -2.46. The van der Waals surface area contributed by atoms with Gasteiger partial charge in [-0.25, -0.2) is 4.79 Å². The molecule has 2 atom stereocenters. The molecule has 0 saturated heterocycles. The van der Waals surface area contributed by atoms with Crippen molar-refractivity contribution in [3.05, 3.63) is 35.9 Å². The first kappa shape index (κ1) is 20.2. The number of hydrogen-bond donors (Lipinski definition) is 4. The lowest BCUT2D eigenvalue weighted by molar-refractivity contribution is -0.137. The standard InChI is InChI=1S/C20H30N2O4/c23-18(16-9-5-2-6-10-16)14-21-20(26)22-17(11-12-19(24)25)13-15-7-3-1-4-8-15/h1,3-4,7-8,16-18,23H,2,5-6,9-14H2,(H,24,25)(H2,21,22,26). The molecule has 2 unspecified atom stereocenters. The molecule has 0 spiro atoms. The van der Waals surface area contributed by atoms with Crippen LogP contribution in [0.3, 0.4) is 0 Å². The molecule has 0 bridgehead atoms. The number of carboxylic acid groups (broad SMARTS) is 1. The number of amides is 2. The van der Waals surface area contributed by atoms with Crippen LogP contribution >= 0.6 is 0 Å². The molecule has 0 heterocycles. The first-order chi connectivity index (χ1) is 12.5. The molecule has 2 rings (SSSR count). The fourth-order valence-electron chi connectivity index (χ4n) is 3.54. The van der Waals surface area contributed by atoms with E-state index in [2.05, 4.69) is 10.6 Å². The summed E-state index contributed by atoms with van der Waals surface area (Å²) in [4.78, 5) is 23.1. The van der Waals surface area contributed by atoms with Gasteiger partial charge >= 0.3 is 12.0 Å². The summed E-state index contributed by atoms with van der Waals surface area (Å²) in [5.41, 5.74) is 1.05. The maximum atomic E-state index is 12.2. The Kier molecular flexibility index (Phi) is 8.41. The van der Waals surface area contributed by atoms with Gasteiger partial charge < -0.3 is 20.8 Å². The van der Waals surface area contributed by atoms with E-state index in [0.717, 1.165) is 31.2 Å². The van der Waals surface area contributed by atoms with Crippen molar-refractivity contribution >= 4 is 12.0 Å². The number of aliphatic hydroxyl groups is 1. The summed E-state index contributed by atoms with van der Waals surface area (Å²) in [7, 11) is 0. The molecule has 6 heteroatoms. The average molecular weight is 362 g/mol. The maximum absolute atomic E-state index is 12.2. The molecule has 1 aromatic carbocycles. The zero-order valence-electron chi connectivity index (χ0n) is 15.2. The Morgan fingerprint density at radius 2 is 1.81 bits per heavy atom. The van der Waals surface area contributed by atoms with Gasteiger partial charge in [-0.3, -0.25) is 4.79 Å². The average Bonchev–Trinajstić information content (AvgIpc) is 2.65. The van der Waals surface area contributed by atoms with Gasteiger partial charge in [0.15, 0.2) is 0 Å². The topological polar surface area (TPSA) is 98.7 Å². The van der Waals surface area contributed by atoms with E-state index in [1.807, 2.05) is 30.3 Å². The normalized spacial score (nSPS) is 17.3. The molecule has 1 aliphatic rings. The first-order valence-electron chi connectivity index (χ1n) is 9.52. The second-order valence-corrected chi connectivity index (χ2v) is 7.14. The van der Waals surface area contributed by atoms with Crippen LogP contribution in [0.25, 0.3) is 0 Å². The number of carbonyl (C=O) groups is 2. The third-order valence-corrected chi connectivity index (χ3v) is 5.03. The van der Waals surface area contributed by atoms with Crippen LogP contribution < -0.4 is 10.6 Å². The molecular weight excluding hydrogens is 332 g/mol. The highest BCUT2D eigenvalue weighted by Crippen LogP contribution is 2.26. The molecule has 0 radical (unpaired) electrons. The number of aliphatic hydroxyl groups excluding tert-OH is 1. The SMILES string of the molecule is O=C(O)CCC(Cc1ccccc1)NC(=O)NCC(O)C1CCCCC1. The lowest BCUT2D eigenvalue weighted by Gasteiger charge is -2.27. The minimum absolute atomic E-state index is 0.00246. The van der Waals surface area contributed by atoms with E-state index >= 15 is 0 Å². The van der Waals surface area contributed by atoms with Gasteiger partial charge in [0.25, 0.3) is 0 Å². The minimum atomic E-state index is -0.877. The molecule has 6 nitrogen and oxygen atoms in total. The molecule has 1 fully saturated rings. The van der Waals surface area contributed by atoms with Crippen molar-refractivity contribution in [3.8, 4) is 0 Å². The van der Waals surface area contributed by atoms with Crippen molar-refractivity contribution in [3.63, 3.8) is 0 Å². The van der Waals surface area contributed by atoms with Crippen LogP contribution in [-0.2, 0) is 11.2 Å². The number of hydrogen-bond acceptors (Lipinski definition) is 3. The second-order valence-electron chi connectivity index (χ2n) is 7.14. The molecule has 144 valence electrons. The summed E-state index contributed by atoms with van der Waals surface area (Å²) in [6.07, 6.45) is 5.96. The number of carbonyl (C=O) groups excluding carboxylic acids is 1. The predicted octanol–water partition coefficient (Wildman–Crippen LogP) is 2.70. The van der Waals surface area contributed by atoms with Crippen LogP contribution in [0.15, 0.2) is 30.3 Å². The third-order valence-electron chi connectivity index (χ3n) is 5.03. The van der Waals surface area contributed by atoms with E-state index in [9.17, 15) is 14.7 Å². The molecule has 0 aromatic heterocycles. The predicted molar refractivity (Wildman–Crippen MR) is 99.9 cm³/mol. The van der Waals surface area contributed by atoms with Gasteiger partial charge in [0.05, 0.1) is 6.10 Å². The molecule has 1 aromatic rings. The van der Waals surface area contributed by atoms with Gasteiger partial charge in [-0.05, 0) is 37.2 Å². The summed E-state index contributed by atoms with van der Waals surface area (Å²) in [6, 6.07) is 9.06. The maximum Gasteiger partial charge on any atom is 0.315 e. The van der Waals surface area contributed by atoms with Crippen LogP contribution in [0, 0.1) is 5.92 Å². The monoisotopic (exact) mass is 362 g/mol. The highest BCUT2D eigenvalue weighted by molar-refractivity contribution is 5.74. The number of rotatable bonds is 9. The van der Waals surface area contributed by atoms with Crippen LogP contribution in [-0.4, -0.2) is 40.9 Å². The molecule has 26 heavy (non-hydrogen) atoms. The Labute approximate surface area is 155 Å². The Balaban J connectivity index is 1.81. The van der Waals surface area contributed by atoms with Gasteiger partial charge in [0, 0.05) is 19.0 Å². The van der Waals surface area contributed by atoms with Gasteiger partial charge in [-0.2, -0.15) is 0 Å². The van der Waals surface area contributed by atoms with Crippen molar-refractivity contribution in [2.24, 2.45) is 5.92 Å². The van der Waals surface area contributed by atoms with E-state index in [1.54, 1.807) is 0 Å². The molecule has 1 saturated carbocycles. The van der Waals surface area contributed by atoms with Gasteiger partial charge in [0.2, 0.25) is 0 Å². The van der Waals surface area contributed by atoms with Crippen molar-refractivity contribution in [2.45, 2.75) is 63.5 Å². The van der Waals surface area contributed by atoms with E-state index in [1.165, 1.54) is 6.42 Å². The number of nitrogens with one attached hydrogen (secondary N) is 2. The smallest absolute Gasteiger partial charge is 0.315 e. The zero-order chi connectivity index (χ0) is 18.8. The lowest BCUT2D eigenvalue weighted by atomic mass is 9.85. The molecule has 1 aliphatic carbocycles. The van der Waals surface area contributed by atoms with Crippen LogP contribution in [0.4, 0.5) is 4.79 Å². The Morgan fingerprint density at radius 3 is 2.46 bits per heavy atom. The Morgan fingerprint density at radius 1 is 1.12 bits per heavy atom. The van der Waals surface area contributed by atoms with Gasteiger partial charge in [-0.1, -0.05) is 49.6 Å². The first-order valence-corrected chi connectivity index (χ1v) is 9.52. The van der Waals surface area contributed by atoms with Crippen molar-refractivity contribution < 1.29 is 19.8 Å². The quantitative estimate of drug-likeness (QED) is 0.543. The zero-order valence-corrected chi connectivity index (χ0v) is 15.2. The highest BCUT2D eigenvalue weighted by atomic mass is 16.4. The van der Waals surface area contributed by atoms with Gasteiger partial charge in [-0.15, -0.1) is 0 Å². The molecular formula is C20H30N2O4. The summed E-state index contributed by atoms with van der Waals surface area (Å²) in [5, 5.41) is 24.8. The van der Waals surface area contributed by atoms with Gasteiger partial charge in [0.1, 0.15) is 0 Å². The van der Waals surface area contributed by atoms with Crippen molar-refractivity contribution in [1.82, 2.24) is 10.6 Å². The van der Waals surface area contributed by atoms with Crippen molar-refractivity contribution in [1.29, 1.82) is 0 Å². The van der Waals surface area contributed by atoms with Crippen molar-refractivity contribution in [2.75, 3.05) is 6.54 Å². The second kappa shape index (κ2) is 10.8. The molecule has 2 amide bonds. The minimum Gasteiger partial charge on any atom is -0.481 e. The van der Waals surface area contributed by atoms with Crippen LogP contribution in [0.2, 0.25) is 0 Å². The van der Waals surface area contributed by atoms with E-state index in [4.69, 9.17) is 5.11 Å². The summed E-state index contributed by atoms with van der Waals surface area (Å²) < 4.78 is 0. The number of benzene rings is 1. The molecule has 0 aliphatic heterocycles. The fourth-order valence-corrected chi connectivity index (χ4v) is 3.54. The van der Waals surface area contributed by atoms with E-state index in [0.29, 0.717) is 12.8 Å². The summed E-state index contributed by atoms with van der Waals surface area (Å²) >= 11 is 0. The van der Waals surface area contributed by atoms with E-state index < -0.39 is 12.1 Å². The summed E-state index contributed by atoms with van der Waals surface area (Å²) in [6.45, 7) is 0.230.